The van der Waals surface area contributed by atoms with E-state index in [1.54, 1.807) is 0 Å². The molecule has 1 nitrogen and oxygen atoms in total. The van der Waals surface area contributed by atoms with Crippen LogP contribution in [0.5, 0.6) is 0 Å². The molecule has 0 heterocycles. The first-order valence-electron chi connectivity index (χ1n) is 4.58. The predicted octanol–water partition coefficient (Wildman–Crippen LogP) is 2.80. The zero-order valence-corrected chi connectivity index (χ0v) is 8.65. The van der Waals surface area contributed by atoms with Gasteiger partial charge in [0.25, 0.3) is 0 Å². The van der Waals surface area contributed by atoms with E-state index >= 15 is 0 Å². The highest BCUT2D eigenvalue weighted by atomic mass is 14.6. The third-order valence-corrected chi connectivity index (χ3v) is 2.08. The molecule has 0 radical (unpaired) electrons. The summed E-state index contributed by atoms with van der Waals surface area (Å²) in [6, 6.07) is 0.384. The van der Waals surface area contributed by atoms with E-state index in [4.69, 9.17) is 5.73 Å². The number of hydrogen-bond donors (Lipinski definition) is 1. The van der Waals surface area contributed by atoms with Crippen molar-refractivity contribution >= 4 is 0 Å². The third kappa shape index (κ3) is 6.36. The Morgan fingerprint density at radius 2 is 1.64 bits per heavy atom. The van der Waals surface area contributed by atoms with Gasteiger partial charge in [-0.25, -0.2) is 0 Å². The van der Waals surface area contributed by atoms with Crippen LogP contribution in [0.2, 0.25) is 0 Å². The van der Waals surface area contributed by atoms with Gasteiger partial charge in [-0.1, -0.05) is 34.6 Å². The van der Waals surface area contributed by atoms with Crippen molar-refractivity contribution in [3.63, 3.8) is 0 Å². The van der Waals surface area contributed by atoms with Crippen LogP contribution in [0, 0.1) is 11.3 Å². The molecule has 0 aromatic carbocycles. The summed E-state index contributed by atoms with van der Waals surface area (Å²) in [5.41, 5.74) is 6.36. The molecule has 68 valence electrons. The average Bonchev–Trinajstić information content (AvgIpc) is 1.80. The van der Waals surface area contributed by atoms with Crippen molar-refractivity contribution in [2.75, 3.05) is 0 Å². The second-order valence-corrected chi connectivity index (χ2v) is 5.01. The smallest absolute Gasteiger partial charge is 0.00620 e. The lowest BCUT2D eigenvalue weighted by Gasteiger charge is -2.22. The van der Waals surface area contributed by atoms with Crippen LogP contribution in [0.1, 0.15) is 47.5 Å². The van der Waals surface area contributed by atoms with Crippen LogP contribution in [0.15, 0.2) is 0 Å². The molecule has 0 aromatic rings. The molecule has 0 rings (SSSR count). The van der Waals surface area contributed by atoms with Gasteiger partial charge in [0.05, 0.1) is 0 Å². The topological polar surface area (TPSA) is 26.0 Å². The van der Waals surface area contributed by atoms with Gasteiger partial charge in [0.15, 0.2) is 0 Å². The third-order valence-electron chi connectivity index (χ3n) is 2.08. The Balaban J connectivity index is 3.54. The van der Waals surface area contributed by atoms with Crippen LogP contribution < -0.4 is 5.73 Å². The summed E-state index contributed by atoms with van der Waals surface area (Å²) in [4.78, 5) is 0. The van der Waals surface area contributed by atoms with E-state index in [0.717, 1.165) is 6.42 Å². The maximum atomic E-state index is 5.92. The highest BCUT2D eigenvalue weighted by molar-refractivity contribution is 4.70. The van der Waals surface area contributed by atoms with E-state index in [9.17, 15) is 0 Å². The molecule has 0 bridgehead atoms. The van der Waals surface area contributed by atoms with Gasteiger partial charge in [0.1, 0.15) is 0 Å². The molecule has 0 aliphatic heterocycles. The van der Waals surface area contributed by atoms with Crippen LogP contribution in [0.25, 0.3) is 0 Å². The quantitative estimate of drug-likeness (QED) is 0.670. The second kappa shape index (κ2) is 4.10. The molecule has 0 fully saturated rings. The number of rotatable bonds is 3. The van der Waals surface area contributed by atoms with E-state index < -0.39 is 0 Å². The molecule has 2 N–H and O–H groups in total. The Hall–Kier alpha value is -0.0400. The molecular formula is C10H23N. The molecular weight excluding hydrogens is 134 g/mol. The van der Waals surface area contributed by atoms with Gasteiger partial charge >= 0.3 is 0 Å². The maximum absolute atomic E-state index is 5.92. The van der Waals surface area contributed by atoms with Gasteiger partial charge in [-0.2, -0.15) is 0 Å². The lowest BCUT2D eigenvalue weighted by molar-refractivity contribution is 0.325. The summed E-state index contributed by atoms with van der Waals surface area (Å²) in [7, 11) is 0. The average molecular weight is 157 g/mol. The lowest BCUT2D eigenvalue weighted by Crippen LogP contribution is -2.27. The fourth-order valence-corrected chi connectivity index (χ4v) is 0.933. The molecule has 0 aliphatic rings. The summed E-state index contributed by atoms with van der Waals surface area (Å²) >= 11 is 0. The normalized spacial score (nSPS) is 15.5. The summed E-state index contributed by atoms with van der Waals surface area (Å²) in [5, 5.41) is 0. The number of nitrogens with two attached hydrogens (primary N) is 1. The summed E-state index contributed by atoms with van der Waals surface area (Å²) in [6.07, 6.45) is 2.38. The Labute approximate surface area is 71.4 Å². The number of hydrogen-bond acceptors (Lipinski definition) is 1. The molecule has 0 aliphatic carbocycles. The van der Waals surface area contributed by atoms with E-state index in [2.05, 4.69) is 34.6 Å². The first kappa shape index (κ1) is 11.0. The summed E-state index contributed by atoms with van der Waals surface area (Å²) in [5.74, 6) is 0.623. The minimum absolute atomic E-state index is 0.384. The second-order valence-electron chi connectivity index (χ2n) is 5.01. The Morgan fingerprint density at radius 1 is 1.18 bits per heavy atom. The first-order chi connectivity index (χ1) is 4.83. The molecule has 0 spiro atoms. The van der Waals surface area contributed by atoms with Gasteiger partial charge in [0, 0.05) is 6.04 Å². The monoisotopic (exact) mass is 157 g/mol. The van der Waals surface area contributed by atoms with Gasteiger partial charge in [-0.3, -0.25) is 0 Å². The largest absolute Gasteiger partial charge is 0.327 e. The van der Waals surface area contributed by atoms with E-state index in [-0.39, 0.29) is 0 Å². The molecule has 1 heteroatoms. The summed E-state index contributed by atoms with van der Waals surface area (Å²) in [6.45, 7) is 11.2. The summed E-state index contributed by atoms with van der Waals surface area (Å²) < 4.78 is 0. The van der Waals surface area contributed by atoms with Crippen molar-refractivity contribution in [3.8, 4) is 0 Å². The lowest BCUT2D eigenvalue weighted by atomic mass is 9.86. The minimum Gasteiger partial charge on any atom is -0.327 e. The van der Waals surface area contributed by atoms with Crippen LogP contribution in [-0.4, -0.2) is 6.04 Å². The van der Waals surface area contributed by atoms with Crippen molar-refractivity contribution in [1.29, 1.82) is 0 Å². The first-order valence-corrected chi connectivity index (χ1v) is 4.58. The fourth-order valence-electron chi connectivity index (χ4n) is 0.933. The fraction of sp³-hybridized carbons (Fsp3) is 1.00. The SMILES string of the molecule is CC(C)C(N)CCC(C)(C)C. The Morgan fingerprint density at radius 3 is 1.91 bits per heavy atom. The van der Waals surface area contributed by atoms with Crippen molar-refractivity contribution in [2.24, 2.45) is 17.1 Å². The predicted molar refractivity (Wildman–Crippen MR) is 51.5 cm³/mol. The van der Waals surface area contributed by atoms with Crippen molar-refractivity contribution in [1.82, 2.24) is 0 Å². The highest BCUT2D eigenvalue weighted by Gasteiger charge is 2.14. The van der Waals surface area contributed by atoms with Gasteiger partial charge < -0.3 is 5.73 Å². The minimum atomic E-state index is 0.384. The van der Waals surface area contributed by atoms with Crippen LogP contribution >= 0.6 is 0 Å². The molecule has 1 unspecified atom stereocenters. The molecule has 0 saturated heterocycles. The molecule has 0 amide bonds. The van der Waals surface area contributed by atoms with E-state index in [1.807, 2.05) is 0 Å². The maximum Gasteiger partial charge on any atom is 0.00620 e. The van der Waals surface area contributed by atoms with Crippen molar-refractivity contribution in [3.05, 3.63) is 0 Å². The van der Waals surface area contributed by atoms with Gasteiger partial charge in [-0.05, 0) is 24.2 Å². The van der Waals surface area contributed by atoms with Crippen LogP contribution in [0.4, 0.5) is 0 Å². The molecule has 0 aromatic heterocycles. The highest BCUT2D eigenvalue weighted by Crippen LogP contribution is 2.22. The standard InChI is InChI=1S/C10H23N/c1-8(2)9(11)6-7-10(3,4)5/h8-9H,6-7,11H2,1-5H3. The van der Waals surface area contributed by atoms with Gasteiger partial charge in [-0.15, -0.1) is 0 Å². The Bertz CT molecular complexity index is 99.9. The van der Waals surface area contributed by atoms with Gasteiger partial charge in [0.2, 0.25) is 0 Å². The van der Waals surface area contributed by atoms with Crippen LogP contribution in [-0.2, 0) is 0 Å². The molecule has 0 saturated carbocycles. The zero-order chi connectivity index (χ0) is 9.07. The van der Waals surface area contributed by atoms with Crippen LogP contribution in [0.3, 0.4) is 0 Å². The van der Waals surface area contributed by atoms with E-state index in [0.29, 0.717) is 17.4 Å². The molecule has 11 heavy (non-hydrogen) atoms. The zero-order valence-electron chi connectivity index (χ0n) is 8.65. The Kier molecular flexibility index (Phi) is 4.09. The van der Waals surface area contributed by atoms with Crippen molar-refractivity contribution in [2.45, 2.75) is 53.5 Å². The molecule has 1 atom stereocenters. The van der Waals surface area contributed by atoms with Crippen molar-refractivity contribution < 1.29 is 0 Å². The van der Waals surface area contributed by atoms with E-state index in [1.165, 1.54) is 6.42 Å².